The Labute approximate surface area is 355 Å². The van der Waals surface area contributed by atoms with Crippen LogP contribution in [0.15, 0.2) is 102 Å². The lowest BCUT2D eigenvalue weighted by molar-refractivity contribution is 0.102. The maximum Gasteiger partial charge on any atom is 0.265 e. The Morgan fingerprint density at radius 3 is 1.98 bits per heavy atom. The number of likely N-dealkylation sites (N-methyl/N-ethyl adjacent to an activating group) is 1. The van der Waals surface area contributed by atoms with E-state index in [1.807, 2.05) is 51.4 Å². The summed E-state index contributed by atoms with van der Waals surface area (Å²) in [5, 5.41) is 11.6. The molecule has 0 saturated heterocycles. The van der Waals surface area contributed by atoms with E-state index in [0.29, 0.717) is 9.75 Å². The Hall–Kier alpha value is -5.57. The number of rotatable bonds is 5. The highest BCUT2D eigenvalue weighted by Crippen LogP contribution is 2.43. The largest absolute Gasteiger partial charge is 0.374 e. The molecule has 0 fully saturated rings. The number of hydrogen-bond acceptors (Lipinski definition) is 6. The number of anilines is 3. The van der Waals surface area contributed by atoms with Gasteiger partial charge in [-0.3, -0.25) is 14.7 Å². The number of para-hydroxylation sites is 2. The van der Waals surface area contributed by atoms with Crippen molar-refractivity contribution in [3.8, 4) is 32.7 Å². The second-order valence-corrected chi connectivity index (χ2v) is 16.7. The van der Waals surface area contributed by atoms with E-state index in [9.17, 15) is 27.2 Å². The fourth-order valence-corrected chi connectivity index (χ4v) is 9.60. The van der Waals surface area contributed by atoms with Gasteiger partial charge in [0.15, 0.2) is 0 Å². The highest BCUT2D eigenvalue weighted by molar-refractivity contribution is 9.10. The molecule has 0 bridgehead atoms. The molecule has 2 amide bonds. The summed E-state index contributed by atoms with van der Waals surface area (Å²) in [5.41, 5.74) is 7.66. The van der Waals surface area contributed by atoms with Crippen LogP contribution < -0.4 is 15.5 Å². The van der Waals surface area contributed by atoms with E-state index in [2.05, 4.69) is 65.9 Å². The van der Waals surface area contributed by atoms with Crippen molar-refractivity contribution in [3.05, 3.63) is 151 Å². The van der Waals surface area contributed by atoms with Crippen LogP contribution in [0.5, 0.6) is 0 Å². The van der Waals surface area contributed by atoms with Gasteiger partial charge in [0.2, 0.25) is 0 Å². The maximum absolute atomic E-state index is 14.0. The van der Waals surface area contributed by atoms with E-state index in [4.69, 9.17) is 0 Å². The minimum atomic E-state index is -0.803. The molecule has 0 spiro atoms. The van der Waals surface area contributed by atoms with Crippen LogP contribution in [0.2, 0.25) is 0 Å². The van der Waals surface area contributed by atoms with Crippen LogP contribution in [0.1, 0.15) is 55.6 Å². The number of aryl methyl sites for hydroxylation is 2. The number of amides is 2. The Balaban J connectivity index is 0.000000174. The SMILES string of the molecule is CC.CN1CCc2cc(C(=O)Nc3c(F)cccc3F)sc2-c2cc(-c3cn[nH]c3)ccc21.O=C(Nc1c(F)cccc1F)c1cc2c(s1)CCCc1ccc(Br)cc1-2. The fraction of sp³-hybridized carbons (Fsp3) is 0.178. The Kier molecular flexibility index (Phi) is 12.8. The monoisotopic (exact) mass is 899 g/mol. The summed E-state index contributed by atoms with van der Waals surface area (Å²) in [6, 6.07) is 23.0. The van der Waals surface area contributed by atoms with Gasteiger partial charge in [-0.05, 0) is 114 Å². The second kappa shape index (κ2) is 18.1. The molecule has 7 aromatic rings. The fourth-order valence-electron chi connectivity index (χ4n) is 7.00. The number of benzene rings is 4. The van der Waals surface area contributed by atoms with Crippen molar-refractivity contribution in [2.45, 2.75) is 39.5 Å². The van der Waals surface area contributed by atoms with Crippen molar-refractivity contribution >= 4 is 67.5 Å². The molecule has 7 nitrogen and oxygen atoms in total. The van der Waals surface area contributed by atoms with Gasteiger partial charge in [-0.15, -0.1) is 22.7 Å². The number of thiophene rings is 2. The summed E-state index contributed by atoms with van der Waals surface area (Å²) in [6.45, 7) is 4.80. The van der Waals surface area contributed by atoms with Gasteiger partial charge in [-0.2, -0.15) is 5.10 Å². The molecule has 302 valence electrons. The first-order chi connectivity index (χ1) is 28.5. The van der Waals surface area contributed by atoms with Crippen LogP contribution in [-0.2, 0) is 19.3 Å². The third-order valence-corrected chi connectivity index (χ3v) is 12.8. The molecule has 14 heteroatoms. The maximum atomic E-state index is 14.0. The first-order valence-corrected chi connectivity index (χ1v) is 21.4. The molecule has 4 aromatic carbocycles. The van der Waals surface area contributed by atoms with Crippen LogP contribution >= 0.6 is 38.6 Å². The molecule has 2 aliphatic rings. The van der Waals surface area contributed by atoms with Crippen molar-refractivity contribution in [1.82, 2.24) is 10.2 Å². The van der Waals surface area contributed by atoms with Crippen LogP contribution in [-0.4, -0.2) is 35.6 Å². The topological polar surface area (TPSA) is 90.1 Å². The number of carbonyl (C=O) groups is 2. The number of halogens is 5. The number of aromatic amines is 1. The average molecular weight is 901 g/mol. The van der Waals surface area contributed by atoms with E-state index in [-0.39, 0.29) is 0 Å². The number of aromatic nitrogens is 2. The predicted octanol–water partition coefficient (Wildman–Crippen LogP) is 12.6. The third kappa shape index (κ3) is 8.90. The Bertz CT molecular complexity index is 2620. The van der Waals surface area contributed by atoms with Crippen LogP contribution in [0.4, 0.5) is 34.6 Å². The molecular formula is C45H38BrF4N5O2S2. The van der Waals surface area contributed by atoms with Gasteiger partial charge < -0.3 is 15.5 Å². The van der Waals surface area contributed by atoms with E-state index >= 15 is 0 Å². The molecule has 0 saturated carbocycles. The number of nitrogens with one attached hydrogen (secondary N) is 3. The summed E-state index contributed by atoms with van der Waals surface area (Å²) >= 11 is 6.22. The molecule has 4 heterocycles. The minimum Gasteiger partial charge on any atom is -0.374 e. The molecule has 0 radical (unpaired) electrons. The molecule has 1 aliphatic heterocycles. The summed E-state index contributed by atoms with van der Waals surface area (Å²) < 4.78 is 56.5. The molecule has 0 atom stereocenters. The molecule has 0 unspecified atom stereocenters. The van der Waals surface area contributed by atoms with Crippen molar-refractivity contribution in [3.63, 3.8) is 0 Å². The molecule has 9 rings (SSSR count). The van der Waals surface area contributed by atoms with Gasteiger partial charge in [-0.25, -0.2) is 17.6 Å². The van der Waals surface area contributed by atoms with Gasteiger partial charge in [0.1, 0.15) is 34.6 Å². The van der Waals surface area contributed by atoms with Gasteiger partial charge in [0, 0.05) is 50.8 Å². The molecule has 3 aromatic heterocycles. The standard InChI is InChI=1S/C23H18F2N4OS.C20H14BrF2NOS.C2H6/c1-29-8-7-14-10-20(23(30)28-21-17(24)3-2-4-18(21)25)31-22(14)16-9-13(5-6-19(16)29)15-11-26-27-12-15;21-12-8-7-11-3-1-6-17-14(13(11)9-12)10-18(26-17)20(25)24-19-15(22)4-2-5-16(19)23;1-2/h2-6,9-12H,7-8H2,1H3,(H,26,27)(H,28,30);2,4-5,7-10H,1,3,6H2,(H,24,25);1-2H3. The van der Waals surface area contributed by atoms with Gasteiger partial charge >= 0.3 is 0 Å². The van der Waals surface area contributed by atoms with E-state index < -0.39 is 46.5 Å². The molecule has 3 N–H and O–H groups in total. The third-order valence-electron chi connectivity index (χ3n) is 9.88. The smallest absolute Gasteiger partial charge is 0.265 e. The zero-order valence-corrected chi connectivity index (χ0v) is 35.4. The normalized spacial score (nSPS) is 12.5. The minimum absolute atomic E-state index is 0.413. The van der Waals surface area contributed by atoms with Crippen LogP contribution in [0.3, 0.4) is 0 Å². The van der Waals surface area contributed by atoms with Crippen LogP contribution in [0.25, 0.3) is 32.7 Å². The quantitative estimate of drug-likeness (QED) is 0.150. The van der Waals surface area contributed by atoms with Gasteiger partial charge in [0.05, 0.1) is 16.0 Å². The van der Waals surface area contributed by atoms with E-state index in [1.54, 1.807) is 6.20 Å². The summed E-state index contributed by atoms with van der Waals surface area (Å²) in [6.07, 6.45) is 7.24. The van der Waals surface area contributed by atoms with Crippen molar-refractivity contribution in [2.75, 3.05) is 29.1 Å². The number of carbonyl (C=O) groups excluding carboxylic acids is 2. The zero-order valence-electron chi connectivity index (χ0n) is 32.2. The van der Waals surface area contributed by atoms with E-state index in [0.717, 1.165) is 110 Å². The van der Waals surface area contributed by atoms with Crippen molar-refractivity contribution in [1.29, 1.82) is 0 Å². The number of nitrogens with zero attached hydrogens (tertiary/aromatic N) is 2. The lowest BCUT2D eigenvalue weighted by Crippen LogP contribution is -2.19. The van der Waals surface area contributed by atoms with E-state index in [1.165, 1.54) is 40.4 Å². The molecule has 1 aliphatic carbocycles. The van der Waals surface area contributed by atoms with Gasteiger partial charge in [-0.1, -0.05) is 54.0 Å². The van der Waals surface area contributed by atoms with Crippen LogP contribution in [0, 0.1) is 23.3 Å². The first kappa shape index (κ1) is 41.6. The Morgan fingerprint density at radius 1 is 0.712 bits per heavy atom. The highest BCUT2D eigenvalue weighted by atomic mass is 79.9. The Morgan fingerprint density at radius 2 is 1.36 bits per heavy atom. The number of fused-ring (bicyclic) bond motifs is 6. The second-order valence-electron chi connectivity index (χ2n) is 13.6. The summed E-state index contributed by atoms with van der Waals surface area (Å²) in [5.74, 6) is -4.20. The van der Waals surface area contributed by atoms with Crippen molar-refractivity contribution in [2.24, 2.45) is 0 Å². The summed E-state index contributed by atoms with van der Waals surface area (Å²) in [7, 11) is 2.04. The number of H-pyrrole nitrogens is 1. The van der Waals surface area contributed by atoms with Crippen molar-refractivity contribution < 1.29 is 27.2 Å². The average Bonchev–Trinajstić information content (AvgIpc) is 3.99. The molecule has 59 heavy (non-hydrogen) atoms. The van der Waals surface area contributed by atoms with Gasteiger partial charge in [0.25, 0.3) is 11.8 Å². The number of hydrogen-bond donors (Lipinski definition) is 3. The first-order valence-electron chi connectivity index (χ1n) is 18.9. The predicted molar refractivity (Wildman–Crippen MR) is 234 cm³/mol. The lowest BCUT2D eigenvalue weighted by Gasteiger charge is -2.20. The summed E-state index contributed by atoms with van der Waals surface area (Å²) in [4.78, 5) is 30.5. The zero-order chi connectivity index (χ0) is 41.8. The highest BCUT2D eigenvalue weighted by Gasteiger charge is 2.25. The lowest BCUT2D eigenvalue weighted by atomic mass is 10.0. The molecular weight excluding hydrogens is 863 g/mol.